The molecule has 8 heteroatoms. The largest absolute Gasteiger partial charge is 0.484 e. The highest BCUT2D eigenvalue weighted by atomic mass is 79.9. The van der Waals surface area contributed by atoms with E-state index in [9.17, 15) is 9.59 Å². The monoisotopic (exact) mass is 499 g/mol. The van der Waals surface area contributed by atoms with Crippen molar-refractivity contribution in [1.82, 2.24) is 0 Å². The molecule has 3 aromatic carbocycles. The Labute approximate surface area is 190 Å². The first kappa shape index (κ1) is 21.0. The fourth-order valence-corrected chi connectivity index (χ4v) is 3.27. The molecule has 0 unspecified atom stereocenters. The number of rotatable bonds is 6. The predicted octanol–water partition coefficient (Wildman–Crippen LogP) is 6.02. The lowest BCUT2D eigenvalue weighted by molar-refractivity contribution is -0.118. The van der Waals surface area contributed by atoms with Crippen molar-refractivity contribution in [3.8, 4) is 17.2 Å². The zero-order valence-corrected chi connectivity index (χ0v) is 18.3. The fraction of sp³-hybridized carbons (Fsp3) is 0.0435. The Bertz CT molecular complexity index is 1300. The van der Waals surface area contributed by atoms with Crippen molar-refractivity contribution in [3.05, 3.63) is 92.7 Å². The van der Waals surface area contributed by atoms with E-state index in [0.29, 0.717) is 33.2 Å². The second-order valence-electron chi connectivity index (χ2n) is 6.46. The van der Waals surface area contributed by atoms with Gasteiger partial charge in [-0.2, -0.15) is 0 Å². The van der Waals surface area contributed by atoms with E-state index in [-0.39, 0.29) is 23.7 Å². The molecule has 0 saturated heterocycles. The highest BCUT2D eigenvalue weighted by Crippen LogP contribution is 2.29. The van der Waals surface area contributed by atoms with Gasteiger partial charge in [0.1, 0.15) is 23.3 Å². The zero-order valence-electron chi connectivity index (χ0n) is 15.9. The van der Waals surface area contributed by atoms with Crippen molar-refractivity contribution in [2.75, 3.05) is 11.9 Å². The van der Waals surface area contributed by atoms with Gasteiger partial charge in [0.2, 0.25) is 11.2 Å². The van der Waals surface area contributed by atoms with Crippen LogP contribution in [0.1, 0.15) is 0 Å². The van der Waals surface area contributed by atoms with Gasteiger partial charge in [-0.25, -0.2) is 0 Å². The van der Waals surface area contributed by atoms with Crippen molar-refractivity contribution in [2.24, 2.45) is 0 Å². The quantitative estimate of drug-likeness (QED) is 0.350. The molecule has 0 aliphatic rings. The van der Waals surface area contributed by atoms with Crippen molar-refractivity contribution in [2.45, 2.75) is 0 Å². The lowest BCUT2D eigenvalue weighted by Crippen LogP contribution is -2.20. The summed E-state index contributed by atoms with van der Waals surface area (Å²) in [7, 11) is 0. The van der Waals surface area contributed by atoms with Crippen LogP contribution < -0.4 is 20.2 Å². The predicted molar refractivity (Wildman–Crippen MR) is 122 cm³/mol. The van der Waals surface area contributed by atoms with Crippen LogP contribution >= 0.6 is 27.5 Å². The Balaban J connectivity index is 1.46. The highest BCUT2D eigenvalue weighted by molar-refractivity contribution is 9.10. The molecule has 0 atom stereocenters. The number of hydrogen-bond donors (Lipinski definition) is 1. The van der Waals surface area contributed by atoms with E-state index in [1.54, 1.807) is 54.6 Å². The molecule has 1 heterocycles. The van der Waals surface area contributed by atoms with Gasteiger partial charge in [-0.15, -0.1) is 0 Å². The average Bonchev–Trinajstić information content (AvgIpc) is 2.77. The van der Waals surface area contributed by atoms with Crippen LogP contribution in [0.5, 0.6) is 17.2 Å². The summed E-state index contributed by atoms with van der Waals surface area (Å²) < 4.78 is 17.5. The van der Waals surface area contributed by atoms with Gasteiger partial charge in [0.05, 0.1) is 9.86 Å². The first-order valence-electron chi connectivity index (χ1n) is 9.16. The van der Waals surface area contributed by atoms with Crippen LogP contribution in [0.25, 0.3) is 11.0 Å². The number of benzene rings is 3. The van der Waals surface area contributed by atoms with E-state index in [4.69, 9.17) is 25.5 Å². The number of carbonyl (C=O) groups excluding carboxylic acids is 1. The summed E-state index contributed by atoms with van der Waals surface area (Å²) in [6.45, 7) is -0.207. The Hall–Kier alpha value is -3.29. The molecule has 156 valence electrons. The minimum absolute atomic E-state index is 0.0652. The van der Waals surface area contributed by atoms with Crippen molar-refractivity contribution >= 4 is 50.1 Å². The maximum absolute atomic E-state index is 12.7. The fourth-order valence-electron chi connectivity index (χ4n) is 2.78. The van der Waals surface area contributed by atoms with Gasteiger partial charge in [-0.1, -0.05) is 23.7 Å². The third-order valence-electron chi connectivity index (χ3n) is 4.27. The van der Waals surface area contributed by atoms with Crippen LogP contribution in [-0.4, -0.2) is 12.5 Å². The summed E-state index contributed by atoms with van der Waals surface area (Å²) in [5.74, 6) is 0.624. The molecule has 0 aliphatic carbocycles. The number of anilines is 1. The van der Waals surface area contributed by atoms with Gasteiger partial charge >= 0.3 is 0 Å². The Kier molecular flexibility index (Phi) is 6.25. The summed E-state index contributed by atoms with van der Waals surface area (Å²) >= 11 is 9.20. The molecule has 4 aromatic rings. The highest BCUT2D eigenvalue weighted by Gasteiger charge is 2.12. The van der Waals surface area contributed by atoms with Crippen molar-refractivity contribution in [3.63, 3.8) is 0 Å². The van der Waals surface area contributed by atoms with E-state index in [0.717, 1.165) is 4.47 Å². The SMILES string of the molecule is O=C(COc1ccc2c(=O)c(Oc3ccccc3Br)coc2c1)Nc1ccc(Cl)cc1. The molecule has 0 spiro atoms. The number of para-hydroxylation sites is 1. The Morgan fingerprint density at radius 1 is 1.03 bits per heavy atom. The number of halogens is 2. The minimum atomic E-state index is -0.332. The summed E-state index contributed by atoms with van der Waals surface area (Å²) in [4.78, 5) is 24.8. The normalized spacial score (nSPS) is 10.6. The summed E-state index contributed by atoms with van der Waals surface area (Å²) in [6, 6.07) is 18.6. The first-order chi connectivity index (χ1) is 15.0. The smallest absolute Gasteiger partial charge is 0.262 e. The number of hydrogen-bond acceptors (Lipinski definition) is 5. The van der Waals surface area contributed by atoms with Crippen LogP contribution in [0.3, 0.4) is 0 Å². The van der Waals surface area contributed by atoms with Gasteiger partial charge in [0.15, 0.2) is 6.61 Å². The second-order valence-corrected chi connectivity index (χ2v) is 7.75. The second kappa shape index (κ2) is 9.24. The van der Waals surface area contributed by atoms with Crippen LogP contribution in [-0.2, 0) is 4.79 Å². The van der Waals surface area contributed by atoms with Crippen LogP contribution in [0.4, 0.5) is 5.69 Å². The molecule has 0 bridgehead atoms. The molecule has 0 fully saturated rings. The number of ether oxygens (including phenoxy) is 2. The Morgan fingerprint density at radius 2 is 1.81 bits per heavy atom. The zero-order chi connectivity index (χ0) is 21.8. The molecular formula is C23H15BrClNO5. The van der Waals surface area contributed by atoms with Gasteiger partial charge in [0, 0.05) is 16.8 Å². The summed E-state index contributed by atoms with van der Waals surface area (Å²) in [6.07, 6.45) is 1.25. The molecule has 0 radical (unpaired) electrons. The van der Waals surface area contributed by atoms with E-state index in [1.807, 2.05) is 12.1 Å². The lowest BCUT2D eigenvalue weighted by atomic mass is 10.2. The molecule has 31 heavy (non-hydrogen) atoms. The maximum Gasteiger partial charge on any atom is 0.262 e. The molecule has 1 aromatic heterocycles. The van der Waals surface area contributed by atoms with Crippen molar-refractivity contribution in [1.29, 1.82) is 0 Å². The first-order valence-corrected chi connectivity index (χ1v) is 10.3. The van der Waals surface area contributed by atoms with Crippen LogP contribution in [0, 0.1) is 0 Å². The standard InChI is InChI=1S/C23H15BrClNO5/c24-18-3-1-2-4-19(18)31-21-12-30-20-11-16(9-10-17(20)23(21)28)29-13-22(27)26-15-7-5-14(25)6-8-15/h1-12H,13H2,(H,26,27). The number of carbonyl (C=O) groups is 1. The molecule has 0 saturated carbocycles. The van der Waals surface area contributed by atoms with E-state index < -0.39 is 0 Å². The summed E-state index contributed by atoms with van der Waals surface area (Å²) in [5.41, 5.74) is 0.615. The van der Waals surface area contributed by atoms with Crippen LogP contribution in [0.15, 0.2) is 86.7 Å². The van der Waals surface area contributed by atoms with E-state index >= 15 is 0 Å². The molecule has 1 amide bonds. The van der Waals surface area contributed by atoms with Gasteiger partial charge in [-0.05, 0) is 64.5 Å². The third kappa shape index (κ3) is 5.07. The maximum atomic E-state index is 12.7. The molecule has 6 nitrogen and oxygen atoms in total. The molecule has 4 rings (SSSR count). The van der Waals surface area contributed by atoms with Gasteiger partial charge in [-0.3, -0.25) is 9.59 Å². The van der Waals surface area contributed by atoms with Crippen LogP contribution in [0.2, 0.25) is 5.02 Å². The molecule has 0 aliphatic heterocycles. The minimum Gasteiger partial charge on any atom is -0.484 e. The molecular weight excluding hydrogens is 486 g/mol. The third-order valence-corrected chi connectivity index (χ3v) is 5.18. The Morgan fingerprint density at radius 3 is 2.58 bits per heavy atom. The van der Waals surface area contributed by atoms with Gasteiger partial charge < -0.3 is 19.2 Å². The van der Waals surface area contributed by atoms with E-state index in [1.165, 1.54) is 6.26 Å². The number of fused-ring (bicyclic) bond motifs is 1. The van der Waals surface area contributed by atoms with Gasteiger partial charge in [0.25, 0.3) is 5.91 Å². The average molecular weight is 501 g/mol. The van der Waals surface area contributed by atoms with Crippen molar-refractivity contribution < 1.29 is 18.7 Å². The van der Waals surface area contributed by atoms with E-state index in [2.05, 4.69) is 21.2 Å². The number of nitrogens with one attached hydrogen (secondary N) is 1. The topological polar surface area (TPSA) is 77.8 Å². The molecule has 1 N–H and O–H groups in total. The summed E-state index contributed by atoms with van der Waals surface area (Å²) in [5, 5.41) is 3.62. The number of amides is 1. The lowest BCUT2D eigenvalue weighted by Gasteiger charge is -2.09.